The topological polar surface area (TPSA) is 57.5 Å². The minimum absolute atomic E-state index is 0.0671. The van der Waals surface area contributed by atoms with Crippen LogP contribution in [0.4, 0.5) is 0 Å². The molecule has 0 spiro atoms. The van der Waals surface area contributed by atoms with Crippen molar-refractivity contribution in [2.45, 2.75) is 38.5 Å². The molecule has 16 heavy (non-hydrogen) atoms. The molecule has 0 amide bonds. The van der Waals surface area contributed by atoms with E-state index in [9.17, 15) is 4.79 Å². The Balaban J connectivity index is 0.000000181. The molecule has 1 aromatic rings. The minimum atomic E-state index is -1.11. The van der Waals surface area contributed by atoms with Gasteiger partial charge in [-0.2, -0.15) is 0 Å². The molecule has 1 aliphatic rings. The van der Waals surface area contributed by atoms with Crippen LogP contribution in [-0.2, 0) is 0 Å². The smallest absolute Gasteiger partial charge is 0.339 e. The number of hydrogen-bond donors (Lipinski definition) is 2. The van der Waals surface area contributed by atoms with Crippen molar-refractivity contribution < 1.29 is 15.0 Å². The fourth-order valence-electron chi connectivity index (χ4n) is 1.72. The van der Waals surface area contributed by atoms with Gasteiger partial charge in [-0.3, -0.25) is 0 Å². The van der Waals surface area contributed by atoms with E-state index in [1.807, 2.05) is 0 Å². The van der Waals surface area contributed by atoms with Gasteiger partial charge in [0.05, 0.1) is 0 Å². The molecule has 0 aliphatic heterocycles. The summed E-state index contributed by atoms with van der Waals surface area (Å²) in [4.78, 5) is 10.3. The Labute approximate surface area is 95.7 Å². The first-order valence-corrected chi connectivity index (χ1v) is 5.73. The molecule has 0 unspecified atom stereocenters. The van der Waals surface area contributed by atoms with E-state index < -0.39 is 5.97 Å². The standard InChI is InChI=1S/C7H6O3.C6H12/c8-6-4-2-1-3-5(6)7(9)10;1-2-4-6-5-3-1/h1-4,8H,(H,9,10);1-6H2. The predicted octanol–water partition coefficient (Wildman–Crippen LogP) is 3.43. The normalized spacial score (nSPS) is 14.8. The first-order valence-electron chi connectivity index (χ1n) is 5.73. The maximum absolute atomic E-state index is 10.3. The predicted molar refractivity (Wildman–Crippen MR) is 62.8 cm³/mol. The third-order valence-corrected chi connectivity index (χ3v) is 2.63. The SMILES string of the molecule is C1CCCCC1.O=C(O)c1ccccc1O. The van der Waals surface area contributed by atoms with Crippen LogP contribution >= 0.6 is 0 Å². The van der Waals surface area contributed by atoms with Gasteiger partial charge >= 0.3 is 5.97 Å². The Morgan fingerprint density at radius 1 is 0.938 bits per heavy atom. The van der Waals surface area contributed by atoms with Crippen molar-refractivity contribution in [1.29, 1.82) is 0 Å². The largest absolute Gasteiger partial charge is 0.507 e. The minimum Gasteiger partial charge on any atom is -0.507 e. The third kappa shape index (κ3) is 4.34. The van der Waals surface area contributed by atoms with Crippen molar-refractivity contribution in [1.82, 2.24) is 0 Å². The van der Waals surface area contributed by atoms with Gasteiger partial charge in [0.1, 0.15) is 11.3 Å². The van der Waals surface area contributed by atoms with Crippen LogP contribution in [0.2, 0.25) is 0 Å². The van der Waals surface area contributed by atoms with Gasteiger partial charge < -0.3 is 10.2 Å². The summed E-state index contributed by atoms with van der Waals surface area (Å²) < 4.78 is 0. The summed E-state index contributed by atoms with van der Waals surface area (Å²) in [5, 5.41) is 17.3. The lowest BCUT2D eigenvalue weighted by Crippen LogP contribution is -1.95. The summed E-state index contributed by atoms with van der Waals surface area (Å²) in [6.07, 6.45) is 9.00. The Kier molecular flexibility index (Phi) is 5.40. The van der Waals surface area contributed by atoms with Crippen LogP contribution in [-0.4, -0.2) is 16.2 Å². The fourth-order valence-corrected chi connectivity index (χ4v) is 1.72. The van der Waals surface area contributed by atoms with Gasteiger partial charge in [0.25, 0.3) is 0 Å². The summed E-state index contributed by atoms with van der Waals surface area (Å²) in [5.41, 5.74) is -0.0671. The summed E-state index contributed by atoms with van der Waals surface area (Å²) in [6.45, 7) is 0. The zero-order chi connectivity index (χ0) is 11.8. The molecule has 88 valence electrons. The molecule has 0 radical (unpaired) electrons. The summed E-state index contributed by atoms with van der Waals surface area (Å²) in [7, 11) is 0. The van der Waals surface area contributed by atoms with E-state index >= 15 is 0 Å². The lowest BCUT2D eigenvalue weighted by Gasteiger charge is -2.05. The van der Waals surface area contributed by atoms with E-state index in [1.165, 1.54) is 50.7 Å². The quantitative estimate of drug-likeness (QED) is 0.765. The summed E-state index contributed by atoms with van der Waals surface area (Å²) >= 11 is 0. The molecule has 1 saturated carbocycles. The van der Waals surface area contributed by atoms with Crippen molar-refractivity contribution in [3.63, 3.8) is 0 Å². The molecule has 0 saturated heterocycles. The molecule has 0 heterocycles. The van der Waals surface area contributed by atoms with Crippen molar-refractivity contribution in [3.05, 3.63) is 29.8 Å². The first kappa shape index (κ1) is 12.6. The molecule has 0 aromatic heterocycles. The molecule has 2 rings (SSSR count). The number of carboxylic acid groups (broad SMARTS) is 1. The number of aromatic carboxylic acids is 1. The number of rotatable bonds is 1. The number of carbonyl (C=O) groups is 1. The molecular formula is C13H18O3. The van der Waals surface area contributed by atoms with Crippen molar-refractivity contribution in [3.8, 4) is 5.75 Å². The molecule has 3 heteroatoms. The van der Waals surface area contributed by atoms with E-state index in [4.69, 9.17) is 10.2 Å². The second-order valence-electron chi connectivity index (χ2n) is 3.94. The highest BCUT2D eigenvalue weighted by molar-refractivity contribution is 5.90. The van der Waals surface area contributed by atoms with Gasteiger partial charge in [-0.15, -0.1) is 0 Å². The number of para-hydroxylation sites is 1. The highest BCUT2D eigenvalue weighted by Crippen LogP contribution is 2.15. The van der Waals surface area contributed by atoms with E-state index in [-0.39, 0.29) is 11.3 Å². The van der Waals surface area contributed by atoms with E-state index in [0.717, 1.165) is 0 Å². The Morgan fingerprint density at radius 2 is 1.38 bits per heavy atom. The van der Waals surface area contributed by atoms with Crippen molar-refractivity contribution in [2.75, 3.05) is 0 Å². The number of benzene rings is 1. The molecule has 3 nitrogen and oxygen atoms in total. The molecule has 1 aliphatic carbocycles. The average molecular weight is 222 g/mol. The second-order valence-corrected chi connectivity index (χ2v) is 3.94. The number of aromatic hydroxyl groups is 1. The van der Waals surface area contributed by atoms with E-state index in [1.54, 1.807) is 12.1 Å². The molecule has 2 N–H and O–H groups in total. The highest BCUT2D eigenvalue weighted by atomic mass is 16.4. The van der Waals surface area contributed by atoms with Crippen LogP contribution < -0.4 is 0 Å². The molecular weight excluding hydrogens is 204 g/mol. The van der Waals surface area contributed by atoms with Gasteiger partial charge in [-0.05, 0) is 12.1 Å². The number of phenols is 1. The first-order chi connectivity index (χ1) is 7.72. The van der Waals surface area contributed by atoms with E-state index in [2.05, 4.69) is 0 Å². The fraction of sp³-hybridized carbons (Fsp3) is 0.462. The van der Waals surface area contributed by atoms with Crippen molar-refractivity contribution >= 4 is 5.97 Å². The molecule has 1 aromatic carbocycles. The van der Waals surface area contributed by atoms with Gasteiger partial charge in [0.2, 0.25) is 0 Å². The van der Waals surface area contributed by atoms with Gasteiger partial charge in [0.15, 0.2) is 0 Å². The summed E-state index contributed by atoms with van der Waals surface area (Å²) in [6, 6.07) is 5.81. The van der Waals surface area contributed by atoms with E-state index in [0.29, 0.717) is 0 Å². The Morgan fingerprint density at radius 3 is 1.69 bits per heavy atom. The van der Waals surface area contributed by atoms with Gasteiger partial charge in [-0.25, -0.2) is 4.79 Å². The maximum Gasteiger partial charge on any atom is 0.339 e. The average Bonchev–Trinajstić information content (AvgIpc) is 2.32. The van der Waals surface area contributed by atoms with Crippen LogP contribution in [0.3, 0.4) is 0 Å². The van der Waals surface area contributed by atoms with Gasteiger partial charge in [-0.1, -0.05) is 50.7 Å². The second kappa shape index (κ2) is 6.88. The monoisotopic (exact) mass is 222 g/mol. The summed E-state index contributed by atoms with van der Waals surface area (Å²) in [5.74, 6) is -1.31. The Hall–Kier alpha value is -1.51. The van der Waals surface area contributed by atoms with Gasteiger partial charge in [0, 0.05) is 0 Å². The van der Waals surface area contributed by atoms with Crippen LogP contribution in [0.25, 0.3) is 0 Å². The molecule has 1 fully saturated rings. The van der Waals surface area contributed by atoms with Crippen molar-refractivity contribution in [2.24, 2.45) is 0 Å². The lowest BCUT2D eigenvalue weighted by molar-refractivity contribution is 0.0694. The van der Waals surface area contributed by atoms with Crippen LogP contribution in [0, 0.1) is 0 Å². The number of carboxylic acids is 1. The zero-order valence-corrected chi connectivity index (χ0v) is 9.35. The van der Waals surface area contributed by atoms with Crippen LogP contribution in [0.5, 0.6) is 5.75 Å². The molecule has 0 atom stereocenters. The maximum atomic E-state index is 10.3. The number of hydrogen-bond acceptors (Lipinski definition) is 2. The van der Waals surface area contributed by atoms with Crippen LogP contribution in [0.15, 0.2) is 24.3 Å². The third-order valence-electron chi connectivity index (χ3n) is 2.63. The van der Waals surface area contributed by atoms with Crippen LogP contribution in [0.1, 0.15) is 48.9 Å². The zero-order valence-electron chi connectivity index (χ0n) is 9.35. The highest BCUT2D eigenvalue weighted by Gasteiger charge is 2.05. The molecule has 0 bridgehead atoms. The Bertz CT molecular complexity index is 318. The lowest BCUT2D eigenvalue weighted by atomic mass is 10.0.